The van der Waals surface area contributed by atoms with Crippen LogP contribution in [0.2, 0.25) is 5.02 Å². The Balaban J connectivity index is 0.00000210. The number of halogens is 2. The fourth-order valence-corrected chi connectivity index (χ4v) is 2.76. The van der Waals surface area contributed by atoms with Crippen molar-refractivity contribution in [3.05, 3.63) is 89.7 Å². The molecule has 5 heteroatoms. The van der Waals surface area contributed by atoms with Crippen molar-refractivity contribution in [3.8, 4) is 34.2 Å². The van der Waals surface area contributed by atoms with Gasteiger partial charge in [0.1, 0.15) is 5.82 Å². The van der Waals surface area contributed by atoms with Crippen LogP contribution in [0.4, 0.5) is 4.39 Å². The molecule has 1 aromatic heterocycles. The number of hydrogen-bond donors (Lipinski definition) is 0. The first-order chi connectivity index (χ1) is 12.7. The molecular weight excluding hydrogens is 349 g/mol. The lowest BCUT2D eigenvalue weighted by molar-refractivity contribution is 0.630. The fraction of sp³-hybridized carbons (Fsp3) is 0. The highest BCUT2D eigenvalue weighted by Crippen LogP contribution is 2.27. The number of nitrogens with zero attached hydrogens (tertiary/aromatic N) is 3. The van der Waals surface area contributed by atoms with Crippen molar-refractivity contribution in [2.24, 2.45) is 0 Å². The first-order valence-corrected chi connectivity index (χ1v) is 8.41. The first kappa shape index (κ1) is 16.4. The number of rotatable bonds is 3. The zero-order valence-corrected chi connectivity index (χ0v) is 14.4. The van der Waals surface area contributed by atoms with Gasteiger partial charge in [-0.05, 0) is 18.2 Å². The van der Waals surface area contributed by atoms with Crippen LogP contribution in [0.15, 0.2) is 78.9 Å². The molecule has 0 spiro atoms. The molecule has 128 valence electrons. The van der Waals surface area contributed by atoms with E-state index in [1.807, 2.05) is 60.7 Å². The molecule has 0 N–H and O–H groups in total. The number of hydrogen-bond acceptors (Lipinski definition) is 3. The van der Waals surface area contributed by atoms with Crippen LogP contribution in [-0.2, 0) is 0 Å². The van der Waals surface area contributed by atoms with E-state index in [0.717, 1.165) is 11.1 Å². The van der Waals surface area contributed by atoms with Crippen LogP contribution in [0.3, 0.4) is 0 Å². The summed E-state index contributed by atoms with van der Waals surface area (Å²) in [6.45, 7) is 0. The minimum Gasteiger partial charge on any atom is -0.208 e. The van der Waals surface area contributed by atoms with E-state index in [1.165, 1.54) is 6.07 Å². The Morgan fingerprint density at radius 1 is 0.654 bits per heavy atom. The zero-order chi connectivity index (χ0) is 17.9. The lowest BCUT2D eigenvalue weighted by Gasteiger charge is -2.09. The van der Waals surface area contributed by atoms with Crippen molar-refractivity contribution >= 4 is 11.6 Å². The molecule has 0 saturated carbocycles. The van der Waals surface area contributed by atoms with Gasteiger partial charge in [-0.25, -0.2) is 19.3 Å². The second-order valence-electron chi connectivity index (χ2n) is 5.66. The molecule has 0 unspecified atom stereocenters. The Labute approximate surface area is 156 Å². The smallest absolute Gasteiger partial charge is 0.167 e. The largest absolute Gasteiger partial charge is 0.208 e. The van der Waals surface area contributed by atoms with Gasteiger partial charge in [-0.2, -0.15) is 0 Å². The highest BCUT2D eigenvalue weighted by Gasteiger charge is 2.14. The van der Waals surface area contributed by atoms with Crippen molar-refractivity contribution < 1.29 is 5.82 Å². The van der Waals surface area contributed by atoms with Gasteiger partial charge < -0.3 is 0 Å². The maximum absolute atomic E-state index is 14.4. The van der Waals surface area contributed by atoms with Gasteiger partial charge in [-0.1, -0.05) is 72.3 Å². The second kappa shape index (κ2) is 7.02. The summed E-state index contributed by atoms with van der Waals surface area (Å²) in [6.07, 6.45) is 0. The van der Waals surface area contributed by atoms with Crippen LogP contribution in [0, 0.1) is 5.82 Å². The molecule has 0 saturated heterocycles. The van der Waals surface area contributed by atoms with Gasteiger partial charge in [0.25, 0.3) is 0 Å². The lowest BCUT2D eigenvalue weighted by Crippen LogP contribution is -2.01. The van der Waals surface area contributed by atoms with Crippen LogP contribution in [0.5, 0.6) is 0 Å². The van der Waals surface area contributed by atoms with Crippen LogP contribution >= 0.6 is 11.6 Å². The van der Waals surface area contributed by atoms with E-state index in [-0.39, 0.29) is 12.8 Å². The molecule has 0 bridgehead atoms. The summed E-state index contributed by atoms with van der Waals surface area (Å²) in [7, 11) is 0. The lowest BCUT2D eigenvalue weighted by atomic mass is 10.1. The van der Waals surface area contributed by atoms with Gasteiger partial charge >= 0.3 is 0 Å². The fourth-order valence-electron chi connectivity index (χ4n) is 2.60. The molecule has 4 rings (SSSR count). The minimum atomic E-state index is -0.471. The summed E-state index contributed by atoms with van der Waals surface area (Å²) >= 11 is 5.87. The van der Waals surface area contributed by atoms with Gasteiger partial charge in [-0.3, -0.25) is 0 Å². The van der Waals surface area contributed by atoms with E-state index in [4.69, 9.17) is 11.6 Å². The molecule has 3 aromatic carbocycles. The molecule has 0 aliphatic rings. The third kappa shape index (κ3) is 3.32. The minimum absolute atomic E-state index is 0. The first-order valence-electron chi connectivity index (χ1n) is 8.03. The van der Waals surface area contributed by atoms with E-state index in [0.29, 0.717) is 16.7 Å². The van der Waals surface area contributed by atoms with E-state index < -0.39 is 5.82 Å². The Morgan fingerprint density at radius 2 is 1.15 bits per heavy atom. The maximum atomic E-state index is 14.4. The predicted molar refractivity (Wildman–Crippen MR) is 103 cm³/mol. The molecular formula is C21H15ClFN3. The van der Waals surface area contributed by atoms with Crippen LogP contribution in [0.1, 0.15) is 1.43 Å². The van der Waals surface area contributed by atoms with Crippen molar-refractivity contribution in [1.29, 1.82) is 0 Å². The highest BCUT2D eigenvalue weighted by atomic mass is 35.5. The van der Waals surface area contributed by atoms with Crippen molar-refractivity contribution in [2.75, 3.05) is 0 Å². The quantitative estimate of drug-likeness (QED) is 0.454. The molecule has 0 radical (unpaired) electrons. The van der Waals surface area contributed by atoms with E-state index in [9.17, 15) is 4.39 Å². The Morgan fingerprint density at radius 3 is 1.65 bits per heavy atom. The second-order valence-corrected chi connectivity index (χ2v) is 6.10. The van der Waals surface area contributed by atoms with Crippen LogP contribution in [-0.4, -0.2) is 15.0 Å². The van der Waals surface area contributed by atoms with Gasteiger partial charge in [0.05, 0.1) is 5.56 Å². The van der Waals surface area contributed by atoms with Gasteiger partial charge in [-0.15, -0.1) is 0 Å². The van der Waals surface area contributed by atoms with Gasteiger partial charge in [0, 0.05) is 17.6 Å². The van der Waals surface area contributed by atoms with Crippen LogP contribution in [0.25, 0.3) is 34.2 Å². The summed E-state index contributed by atoms with van der Waals surface area (Å²) < 4.78 is 14.4. The molecule has 0 aliphatic carbocycles. The maximum Gasteiger partial charge on any atom is 0.167 e. The summed E-state index contributed by atoms with van der Waals surface area (Å²) in [5.41, 5.74) is 1.96. The molecule has 1 heterocycles. The zero-order valence-electron chi connectivity index (χ0n) is 13.6. The monoisotopic (exact) mass is 363 g/mol. The van der Waals surface area contributed by atoms with E-state index in [1.54, 1.807) is 12.1 Å². The summed E-state index contributed by atoms with van der Waals surface area (Å²) in [4.78, 5) is 13.5. The standard InChI is InChI=1S/C21H13ClFN3.H2/c22-16-11-12-17(18(23)13-16)21-25-19(14-7-3-1-4-8-14)24-20(26-21)15-9-5-2-6-10-15;/h1-13H;1H. The van der Waals surface area contributed by atoms with Crippen molar-refractivity contribution in [1.82, 2.24) is 15.0 Å². The summed E-state index contributed by atoms with van der Waals surface area (Å²) in [5, 5.41) is 0.326. The molecule has 0 atom stereocenters. The van der Waals surface area contributed by atoms with Gasteiger partial charge in [0.15, 0.2) is 17.5 Å². The average molecular weight is 364 g/mol. The third-order valence-electron chi connectivity index (χ3n) is 3.87. The van der Waals surface area contributed by atoms with Crippen molar-refractivity contribution in [2.45, 2.75) is 0 Å². The predicted octanol–water partition coefficient (Wildman–Crippen LogP) is 5.91. The third-order valence-corrected chi connectivity index (χ3v) is 4.11. The highest BCUT2D eigenvalue weighted by molar-refractivity contribution is 6.30. The van der Waals surface area contributed by atoms with E-state index in [2.05, 4.69) is 15.0 Å². The summed E-state index contributed by atoms with van der Waals surface area (Å²) in [5.74, 6) is 0.779. The van der Waals surface area contributed by atoms with Crippen LogP contribution < -0.4 is 0 Å². The average Bonchev–Trinajstić information content (AvgIpc) is 2.69. The Kier molecular flexibility index (Phi) is 4.42. The van der Waals surface area contributed by atoms with Gasteiger partial charge in [0.2, 0.25) is 0 Å². The van der Waals surface area contributed by atoms with E-state index >= 15 is 0 Å². The molecule has 26 heavy (non-hydrogen) atoms. The summed E-state index contributed by atoms with van der Waals surface area (Å²) in [6, 6.07) is 23.6. The molecule has 0 amide bonds. The molecule has 0 fully saturated rings. The Hall–Kier alpha value is -3.11. The molecule has 3 nitrogen and oxygen atoms in total. The SMILES string of the molecule is Fc1cc(Cl)ccc1-c1nc(-c2ccccc2)nc(-c2ccccc2)n1.[HH]. The number of aromatic nitrogens is 3. The Bertz CT molecular complexity index is 1000. The van der Waals surface area contributed by atoms with Crippen molar-refractivity contribution in [3.63, 3.8) is 0 Å². The molecule has 0 aliphatic heterocycles. The topological polar surface area (TPSA) is 38.7 Å². The number of benzene rings is 3. The normalized spacial score (nSPS) is 10.7. The molecule has 4 aromatic rings.